The Morgan fingerprint density at radius 2 is 1.64 bits per heavy atom. The summed E-state index contributed by atoms with van der Waals surface area (Å²) < 4.78 is 16.4. The summed E-state index contributed by atoms with van der Waals surface area (Å²) >= 11 is 0. The molecule has 0 aliphatic carbocycles. The summed E-state index contributed by atoms with van der Waals surface area (Å²) in [6, 6.07) is 19.8. The van der Waals surface area contributed by atoms with Crippen LogP contribution in [-0.4, -0.2) is 20.9 Å². The van der Waals surface area contributed by atoms with Crippen LogP contribution in [0.5, 0.6) is 0 Å². The number of imidazole rings is 1. The Hall–Kier alpha value is -4.20. The first-order valence-corrected chi connectivity index (χ1v) is 10.6. The normalized spacial score (nSPS) is 10.8. The van der Waals surface area contributed by atoms with Crippen LogP contribution in [0.15, 0.2) is 77.6 Å². The van der Waals surface area contributed by atoms with Crippen molar-refractivity contribution in [2.75, 3.05) is 5.32 Å². The fourth-order valence-electron chi connectivity index (χ4n) is 3.72. The van der Waals surface area contributed by atoms with E-state index >= 15 is 0 Å². The van der Waals surface area contributed by atoms with Crippen molar-refractivity contribution in [1.29, 1.82) is 0 Å². The van der Waals surface area contributed by atoms with Gasteiger partial charge >= 0.3 is 5.69 Å². The minimum Gasteiger partial charge on any atom is -0.350 e. The third kappa shape index (κ3) is 4.85. The second-order valence-electron chi connectivity index (χ2n) is 7.54. The average Bonchev–Trinajstić information content (AvgIpc) is 3.08. The molecular formula is C25H23FN4O3. The van der Waals surface area contributed by atoms with Gasteiger partial charge in [-0.15, -0.1) is 0 Å². The number of anilines is 1. The molecule has 0 saturated carbocycles. The molecule has 0 fully saturated rings. The first-order chi connectivity index (χ1) is 16.0. The largest absolute Gasteiger partial charge is 0.350 e. The number of aryl methyl sites for hydroxylation is 1. The predicted octanol–water partition coefficient (Wildman–Crippen LogP) is 3.53. The van der Waals surface area contributed by atoms with Gasteiger partial charge in [0, 0.05) is 24.3 Å². The summed E-state index contributed by atoms with van der Waals surface area (Å²) in [5.41, 5.74) is 2.78. The minimum absolute atomic E-state index is 0.0949. The smallest absolute Gasteiger partial charge is 0.329 e. The maximum absolute atomic E-state index is 13.4. The highest BCUT2D eigenvalue weighted by atomic mass is 19.1. The molecule has 4 aromatic rings. The molecule has 4 rings (SSSR count). The van der Waals surface area contributed by atoms with Crippen molar-refractivity contribution >= 4 is 28.5 Å². The first kappa shape index (κ1) is 22.0. The van der Waals surface area contributed by atoms with E-state index in [1.807, 2.05) is 37.3 Å². The second kappa shape index (κ2) is 9.52. The summed E-state index contributed by atoms with van der Waals surface area (Å²) in [7, 11) is 0. The molecule has 2 N–H and O–H groups in total. The molecule has 0 saturated heterocycles. The van der Waals surface area contributed by atoms with Gasteiger partial charge in [0.15, 0.2) is 0 Å². The molecule has 0 aliphatic rings. The Balaban J connectivity index is 1.41. The number of aromatic nitrogens is 2. The lowest BCUT2D eigenvalue weighted by Crippen LogP contribution is -2.32. The monoisotopic (exact) mass is 446 g/mol. The van der Waals surface area contributed by atoms with Gasteiger partial charge in [0.25, 0.3) is 5.91 Å². The number of nitrogens with one attached hydrogen (secondary N) is 2. The Labute approximate surface area is 189 Å². The number of carbonyl (C=O) groups is 2. The zero-order valence-electron chi connectivity index (χ0n) is 18.0. The van der Waals surface area contributed by atoms with E-state index < -0.39 is 11.7 Å². The van der Waals surface area contributed by atoms with Gasteiger partial charge < -0.3 is 10.6 Å². The number of rotatable bonds is 7. The van der Waals surface area contributed by atoms with E-state index in [1.54, 1.807) is 22.8 Å². The van der Waals surface area contributed by atoms with Crippen molar-refractivity contribution in [3.63, 3.8) is 0 Å². The average molecular weight is 446 g/mol. The Kier molecular flexibility index (Phi) is 6.35. The zero-order chi connectivity index (χ0) is 23.4. The van der Waals surface area contributed by atoms with E-state index in [0.29, 0.717) is 17.7 Å². The molecule has 0 atom stereocenters. The number of hydrogen-bond acceptors (Lipinski definition) is 3. The van der Waals surface area contributed by atoms with Gasteiger partial charge in [-0.05, 0) is 55.0 Å². The summed E-state index contributed by atoms with van der Waals surface area (Å²) in [4.78, 5) is 37.6. The number of halogens is 1. The lowest BCUT2D eigenvalue weighted by atomic mass is 10.1. The first-order valence-electron chi connectivity index (χ1n) is 10.6. The molecule has 0 bridgehead atoms. The molecule has 0 radical (unpaired) electrons. The number of benzene rings is 3. The van der Waals surface area contributed by atoms with E-state index in [1.165, 1.54) is 22.8 Å². The lowest BCUT2D eigenvalue weighted by Gasteiger charge is -2.09. The van der Waals surface area contributed by atoms with Crippen molar-refractivity contribution in [3.8, 4) is 0 Å². The van der Waals surface area contributed by atoms with E-state index in [9.17, 15) is 18.8 Å². The van der Waals surface area contributed by atoms with Gasteiger partial charge in [-0.2, -0.15) is 0 Å². The van der Waals surface area contributed by atoms with Gasteiger partial charge in [-0.25, -0.2) is 9.18 Å². The van der Waals surface area contributed by atoms with Crippen LogP contribution in [0.4, 0.5) is 10.1 Å². The molecule has 0 aliphatic heterocycles. The molecule has 8 heteroatoms. The van der Waals surface area contributed by atoms with Crippen LogP contribution in [0.2, 0.25) is 0 Å². The second-order valence-corrected chi connectivity index (χ2v) is 7.54. The van der Waals surface area contributed by atoms with E-state index in [-0.39, 0.29) is 30.2 Å². The van der Waals surface area contributed by atoms with Crippen molar-refractivity contribution in [1.82, 2.24) is 14.5 Å². The highest BCUT2D eigenvalue weighted by molar-refractivity contribution is 6.04. The molecule has 168 valence electrons. The number of hydrogen-bond donors (Lipinski definition) is 2. The van der Waals surface area contributed by atoms with Gasteiger partial charge in [0.1, 0.15) is 12.4 Å². The molecule has 2 amide bonds. The van der Waals surface area contributed by atoms with Crippen LogP contribution in [0.3, 0.4) is 0 Å². The summed E-state index contributed by atoms with van der Waals surface area (Å²) in [6.07, 6.45) is 0. The Bertz CT molecular complexity index is 1390. The highest BCUT2D eigenvalue weighted by Crippen LogP contribution is 2.14. The van der Waals surface area contributed by atoms with Crippen molar-refractivity contribution in [3.05, 3.63) is 100 Å². The topological polar surface area (TPSA) is 85.1 Å². The molecule has 0 unspecified atom stereocenters. The SMILES string of the molecule is CCn1c(=O)n(CC(=O)NCc2cccc(NC(=O)c3cccc(F)c3)c2)c2ccccc21. The minimum atomic E-state index is -0.486. The fraction of sp³-hybridized carbons (Fsp3) is 0.160. The molecule has 33 heavy (non-hydrogen) atoms. The Morgan fingerprint density at radius 1 is 0.909 bits per heavy atom. The van der Waals surface area contributed by atoms with Crippen molar-refractivity contribution < 1.29 is 14.0 Å². The maximum atomic E-state index is 13.4. The Morgan fingerprint density at radius 3 is 2.36 bits per heavy atom. The number of para-hydroxylation sites is 2. The molecule has 7 nitrogen and oxygen atoms in total. The lowest BCUT2D eigenvalue weighted by molar-refractivity contribution is -0.121. The highest BCUT2D eigenvalue weighted by Gasteiger charge is 2.14. The van der Waals surface area contributed by atoms with Gasteiger partial charge in [0.2, 0.25) is 5.91 Å². The van der Waals surface area contributed by atoms with Crippen LogP contribution in [0.25, 0.3) is 11.0 Å². The van der Waals surface area contributed by atoms with Crippen LogP contribution in [-0.2, 0) is 24.4 Å². The predicted molar refractivity (Wildman–Crippen MR) is 125 cm³/mol. The van der Waals surface area contributed by atoms with Gasteiger partial charge in [0.05, 0.1) is 11.0 Å². The van der Waals surface area contributed by atoms with Crippen LogP contribution < -0.4 is 16.3 Å². The summed E-state index contributed by atoms with van der Waals surface area (Å²) in [5, 5.41) is 5.54. The number of nitrogens with zero attached hydrogens (tertiary/aromatic N) is 2. The summed E-state index contributed by atoms with van der Waals surface area (Å²) in [6.45, 7) is 2.53. The third-order valence-electron chi connectivity index (χ3n) is 5.30. The summed E-state index contributed by atoms with van der Waals surface area (Å²) in [5.74, 6) is -1.21. The third-order valence-corrected chi connectivity index (χ3v) is 5.30. The molecule has 1 heterocycles. The van der Waals surface area contributed by atoms with Crippen LogP contribution in [0, 0.1) is 5.82 Å². The van der Waals surface area contributed by atoms with Gasteiger partial charge in [-0.1, -0.05) is 30.3 Å². The standard InChI is InChI=1S/C25H23FN4O3/c1-2-29-21-11-3-4-12-22(21)30(25(29)33)16-23(31)27-15-17-7-5-10-20(13-17)28-24(32)18-8-6-9-19(26)14-18/h3-14H,2,15-16H2,1H3,(H,27,31)(H,28,32). The van der Waals surface area contributed by atoms with E-state index in [0.717, 1.165) is 17.1 Å². The molecule has 1 aromatic heterocycles. The van der Waals surface area contributed by atoms with Crippen molar-refractivity contribution in [2.24, 2.45) is 0 Å². The van der Waals surface area contributed by atoms with Crippen molar-refractivity contribution in [2.45, 2.75) is 26.6 Å². The zero-order valence-corrected chi connectivity index (χ0v) is 18.0. The van der Waals surface area contributed by atoms with E-state index in [4.69, 9.17) is 0 Å². The quantitative estimate of drug-likeness (QED) is 0.456. The van der Waals surface area contributed by atoms with Gasteiger partial charge in [-0.3, -0.25) is 18.7 Å². The van der Waals surface area contributed by atoms with Crippen LogP contribution >= 0.6 is 0 Å². The van der Waals surface area contributed by atoms with E-state index in [2.05, 4.69) is 10.6 Å². The fourth-order valence-corrected chi connectivity index (χ4v) is 3.72. The number of fused-ring (bicyclic) bond motifs is 1. The molecule has 0 spiro atoms. The molecular weight excluding hydrogens is 423 g/mol. The number of amides is 2. The maximum Gasteiger partial charge on any atom is 0.329 e. The molecule has 3 aromatic carbocycles. The van der Waals surface area contributed by atoms with Crippen LogP contribution in [0.1, 0.15) is 22.8 Å². The number of carbonyl (C=O) groups excluding carboxylic acids is 2.